The topological polar surface area (TPSA) is 29.3 Å². The number of hydrogen-bond acceptors (Lipinski definition) is 2. The molecular weight excluding hydrogens is 244 g/mol. The van der Waals surface area contributed by atoms with Gasteiger partial charge in [-0.2, -0.15) is 0 Å². The maximum Gasteiger partial charge on any atom is 0.0424 e. The highest BCUT2D eigenvalue weighted by Gasteiger charge is 2.20. The molecule has 1 aliphatic heterocycles. The van der Waals surface area contributed by atoms with Crippen LogP contribution in [0, 0.1) is 5.92 Å². The molecule has 0 spiro atoms. The Hall–Kier alpha value is -0.860. The molecule has 20 heavy (non-hydrogen) atoms. The first-order valence-electron chi connectivity index (χ1n) is 8.14. The monoisotopic (exact) mass is 274 g/mol. The second-order valence-electron chi connectivity index (χ2n) is 6.79. The number of nitrogens with two attached hydrogens (primary N) is 1. The molecule has 1 fully saturated rings. The van der Waals surface area contributed by atoms with Crippen molar-refractivity contribution in [3.05, 3.63) is 35.4 Å². The predicted molar refractivity (Wildman–Crippen MR) is 86.8 cm³/mol. The van der Waals surface area contributed by atoms with E-state index in [0.717, 1.165) is 13.0 Å². The molecule has 0 radical (unpaired) electrons. The van der Waals surface area contributed by atoms with E-state index in [4.69, 9.17) is 5.73 Å². The van der Waals surface area contributed by atoms with Crippen LogP contribution in [-0.2, 0) is 6.42 Å². The van der Waals surface area contributed by atoms with Crippen LogP contribution in [0.2, 0.25) is 0 Å². The molecule has 2 nitrogen and oxygen atoms in total. The van der Waals surface area contributed by atoms with Crippen LogP contribution in [0.4, 0.5) is 0 Å². The summed E-state index contributed by atoms with van der Waals surface area (Å²) in [5.74, 6) is 0.712. The molecule has 1 saturated heterocycles. The van der Waals surface area contributed by atoms with E-state index in [0.29, 0.717) is 12.0 Å². The average molecular weight is 274 g/mol. The molecule has 1 aliphatic rings. The van der Waals surface area contributed by atoms with Crippen molar-refractivity contribution < 1.29 is 0 Å². The predicted octanol–water partition coefficient (Wildman–Crippen LogP) is 3.76. The van der Waals surface area contributed by atoms with Gasteiger partial charge in [0.2, 0.25) is 0 Å². The number of rotatable bonds is 5. The highest BCUT2D eigenvalue weighted by Crippen LogP contribution is 2.20. The van der Waals surface area contributed by atoms with E-state index < -0.39 is 0 Å². The molecule has 0 aliphatic carbocycles. The van der Waals surface area contributed by atoms with Gasteiger partial charge in [-0.25, -0.2) is 0 Å². The average Bonchev–Trinajstić information content (AvgIpc) is 2.41. The van der Waals surface area contributed by atoms with Crippen molar-refractivity contribution in [2.45, 2.75) is 58.5 Å². The minimum atomic E-state index is 0.142. The third-order valence-corrected chi connectivity index (χ3v) is 4.42. The van der Waals surface area contributed by atoms with Crippen LogP contribution in [0.3, 0.4) is 0 Å². The van der Waals surface area contributed by atoms with Gasteiger partial charge in [0.25, 0.3) is 0 Å². The molecule has 2 N–H and O–H groups in total. The summed E-state index contributed by atoms with van der Waals surface area (Å²) >= 11 is 0. The maximum atomic E-state index is 6.40. The fourth-order valence-electron chi connectivity index (χ4n) is 3.16. The first-order chi connectivity index (χ1) is 9.56. The van der Waals surface area contributed by atoms with Crippen molar-refractivity contribution in [2.24, 2.45) is 11.7 Å². The van der Waals surface area contributed by atoms with Crippen molar-refractivity contribution in [1.29, 1.82) is 0 Å². The quantitative estimate of drug-likeness (QED) is 0.886. The number of benzene rings is 1. The summed E-state index contributed by atoms with van der Waals surface area (Å²) in [5.41, 5.74) is 9.09. The van der Waals surface area contributed by atoms with Crippen molar-refractivity contribution in [3.63, 3.8) is 0 Å². The third kappa shape index (κ3) is 4.32. The lowest BCUT2D eigenvalue weighted by atomic mass is 9.98. The second-order valence-corrected chi connectivity index (χ2v) is 6.79. The molecule has 0 aromatic heterocycles. The van der Waals surface area contributed by atoms with E-state index in [1.807, 2.05) is 0 Å². The maximum absolute atomic E-state index is 6.40. The molecular formula is C18H30N2. The second kappa shape index (κ2) is 7.24. The Morgan fingerprint density at radius 1 is 1.20 bits per heavy atom. The lowest BCUT2D eigenvalue weighted by Crippen LogP contribution is -2.41. The minimum Gasteiger partial charge on any atom is -0.323 e. The Balaban J connectivity index is 1.93. The van der Waals surface area contributed by atoms with Gasteiger partial charge in [0.05, 0.1) is 0 Å². The largest absolute Gasteiger partial charge is 0.323 e. The Labute approximate surface area is 124 Å². The van der Waals surface area contributed by atoms with Crippen LogP contribution in [0.1, 0.15) is 57.2 Å². The molecule has 1 heterocycles. The fourth-order valence-corrected chi connectivity index (χ4v) is 3.16. The van der Waals surface area contributed by atoms with Crippen LogP contribution in [0.15, 0.2) is 24.3 Å². The molecule has 0 bridgehead atoms. The number of piperidine rings is 1. The molecule has 2 atom stereocenters. The van der Waals surface area contributed by atoms with Crippen LogP contribution < -0.4 is 5.73 Å². The Morgan fingerprint density at radius 2 is 1.90 bits per heavy atom. The first kappa shape index (κ1) is 15.5. The van der Waals surface area contributed by atoms with E-state index in [-0.39, 0.29) is 6.04 Å². The third-order valence-electron chi connectivity index (χ3n) is 4.42. The van der Waals surface area contributed by atoms with Gasteiger partial charge in [-0.3, -0.25) is 4.90 Å². The molecule has 2 unspecified atom stereocenters. The standard InChI is InChI=1S/C18H30N2/c1-14(2)12-16-7-9-17(10-8-16)18(19)13-20-11-5-4-6-15(20)3/h7-10,14-15,18H,4-6,11-13,19H2,1-3H3. The van der Waals surface area contributed by atoms with Crippen molar-refractivity contribution in [3.8, 4) is 0 Å². The number of nitrogens with zero attached hydrogens (tertiary/aromatic N) is 1. The van der Waals surface area contributed by atoms with Gasteiger partial charge in [0.15, 0.2) is 0 Å². The summed E-state index contributed by atoms with van der Waals surface area (Å²) in [7, 11) is 0. The van der Waals surface area contributed by atoms with Crippen LogP contribution in [-0.4, -0.2) is 24.0 Å². The van der Waals surface area contributed by atoms with Crippen molar-refractivity contribution in [1.82, 2.24) is 4.90 Å². The molecule has 1 aromatic rings. The van der Waals surface area contributed by atoms with Gasteiger partial charge < -0.3 is 5.73 Å². The molecule has 2 heteroatoms. The molecule has 112 valence electrons. The Kier molecular flexibility index (Phi) is 5.62. The molecule has 0 saturated carbocycles. The van der Waals surface area contributed by atoms with Crippen molar-refractivity contribution in [2.75, 3.05) is 13.1 Å². The summed E-state index contributed by atoms with van der Waals surface area (Å²) in [4.78, 5) is 2.55. The van der Waals surface area contributed by atoms with E-state index in [2.05, 4.69) is 49.9 Å². The van der Waals surface area contributed by atoms with Gasteiger partial charge in [-0.15, -0.1) is 0 Å². The van der Waals surface area contributed by atoms with Gasteiger partial charge in [-0.05, 0) is 49.8 Å². The van der Waals surface area contributed by atoms with Crippen LogP contribution in [0.5, 0.6) is 0 Å². The zero-order valence-corrected chi connectivity index (χ0v) is 13.3. The van der Waals surface area contributed by atoms with Gasteiger partial charge >= 0.3 is 0 Å². The summed E-state index contributed by atoms with van der Waals surface area (Å²) in [6.45, 7) is 9.05. The number of hydrogen-bond donors (Lipinski definition) is 1. The van der Waals surface area contributed by atoms with Gasteiger partial charge in [0, 0.05) is 18.6 Å². The van der Waals surface area contributed by atoms with Gasteiger partial charge in [-0.1, -0.05) is 44.5 Å². The van der Waals surface area contributed by atoms with E-state index in [1.54, 1.807) is 0 Å². The lowest BCUT2D eigenvalue weighted by Gasteiger charge is -2.35. The molecule has 0 amide bonds. The molecule has 1 aromatic carbocycles. The smallest absolute Gasteiger partial charge is 0.0424 e. The number of likely N-dealkylation sites (tertiary alicyclic amines) is 1. The zero-order valence-electron chi connectivity index (χ0n) is 13.3. The summed E-state index contributed by atoms with van der Waals surface area (Å²) < 4.78 is 0. The highest BCUT2D eigenvalue weighted by atomic mass is 15.2. The normalized spacial score (nSPS) is 22.1. The Bertz CT molecular complexity index is 396. The van der Waals surface area contributed by atoms with E-state index in [1.165, 1.54) is 36.9 Å². The summed E-state index contributed by atoms with van der Waals surface area (Å²) in [6, 6.07) is 9.76. The van der Waals surface area contributed by atoms with Crippen LogP contribution >= 0.6 is 0 Å². The van der Waals surface area contributed by atoms with E-state index >= 15 is 0 Å². The van der Waals surface area contributed by atoms with E-state index in [9.17, 15) is 0 Å². The van der Waals surface area contributed by atoms with Crippen LogP contribution in [0.25, 0.3) is 0 Å². The fraction of sp³-hybridized carbons (Fsp3) is 0.667. The SMILES string of the molecule is CC(C)Cc1ccc(C(N)CN2CCCCC2C)cc1. The minimum absolute atomic E-state index is 0.142. The van der Waals surface area contributed by atoms with Crippen molar-refractivity contribution >= 4 is 0 Å². The molecule has 2 rings (SSSR count). The zero-order chi connectivity index (χ0) is 14.5. The summed E-state index contributed by atoms with van der Waals surface area (Å²) in [6.07, 6.45) is 5.17. The Morgan fingerprint density at radius 3 is 2.50 bits per heavy atom. The highest BCUT2D eigenvalue weighted by molar-refractivity contribution is 5.25. The summed E-state index contributed by atoms with van der Waals surface area (Å²) in [5, 5.41) is 0. The first-order valence-corrected chi connectivity index (χ1v) is 8.14. The lowest BCUT2D eigenvalue weighted by molar-refractivity contribution is 0.151. The van der Waals surface area contributed by atoms with Gasteiger partial charge in [0.1, 0.15) is 0 Å².